The third-order valence-electron chi connectivity index (χ3n) is 4.63. The van der Waals surface area contributed by atoms with Gasteiger partial charge in [-0.25, -0.2) is 0 Å². The lowest BCUT2D eigenvalue weighted by Crippen LogP contribution is -2.59. The summed E-state index contributed by atoms with van der Waals surface area (Å²) in [4.78, 5) is 0. The summed E-state index contributed by atoms with van der Waals surface area (Å²) in [5, 5.41) is 38.3. The summed E-state index contributed by atoms with van der Waals surface area (Å²) in [5.74, 6) is 0. The van der Waals surface area contributed by atoms with E-state index in [1.54, 1.807) is 0 Å². The van der Waals surface area contributed by atoms with Crippen molar-refractivity contribution < 1.29 is 29.9 Å². The number of rotatable bonds is 13. The molecule has 5 atom stereocenters. The smallest absolute Gasteiger partial charge is 0.186 e. The zero-order chi connectivity index (χ0) is 17.8. The minimum absolute atomic E-state index is 0.428. The fourth-order valence-electron chi connectivity index (χ4n) is 2.99. The van der Waals surface area contributed by atoms with Crippen molar-refractivity contribution in [1.82, 2.24) is 0 Å². The van der Waals surface area contributed by atoms with Crippen LogP contribution < -0.4 is 0 Å². The van der Waals surface area contributed by atoms with Gasteiger partial charge in [0, 0.05) is 6.61 Å². The average molecular weight is 348 g/mol. The number of ether oxygens (including phenoxy) is 2. The van der Waals surface area contributed by atoms with Crippen molar-refractivity contribution in [2.24, 2.45) is 0 Å². The minimum Gasteiger partial charge on any atom is -0.394 e. The molecule has 144 valence electrons. The maximum atomic E-state index is 9.84. The van der Waals surface area contributed by atoms with Crippen LogP contribution in [0.2, 0.25) is 0 Å². The molecule has 0 aromatic carbocycles. The van der Waals surface area contributed by atoms with Gasteiger partial charge in [-0.15, -0.1) is 0 Å². The standard InChI is InChI=1S/C18H36O6/c1-2-3-4-5-6-7-8-9-10-11-12-23-18-17(22)16(21)15(20)14(13-19)24-18/h14-22H,2-13H2,1H3/t14-,15+,16-,17-,18-/m1/s1. The summed E-state index contributed by atoms with van der Waals surface area (Å²) in [7, 11) is 0. The van der Waals surface area contributed by atoms with E-state index in [1.807, 2.05) is 0 Å². The molecule has 4 N–H and O–H groups in total. The van der Waals surface area contributed by atoms with Crippen LogP contribution in [0.25, 0.3) is 0 Å². The first-order valence-electron chi connectivity index (χ1n) is 9.54. The van der Waals surface area contributed by atoms with Crippen molar-refractivity contribution in [3.05, 3.63) is 0 Å². The van der Waals surface area contributed by atoms with Crippen molar-refractivity contribution >= 4 is 0 Å². The van der Waals surface area contributed by atoms with Gasteiger partial charge in [0.25, 0.3) is 0 Å². The summed E-state index contributed by atoms with van der Waals surface area (Å²) in [6.07, 6.45) is 6.37. The molecule has 0 amide bonds. The molecule has 0 aromatic rings. The zero-order valence-corrected chi connectivity index (χ0v) is 15.0. The van der Waals surface area contributed by atoms with Gasteiger partial charge in [-0.1, -0.05) is 64.7 Å². The SMILES string of the molecule is CCCCCCCCCCCCO[C@@H]1O[C@H](CO)[C@H](O)[C@@H](O)[C@H]1O. The van der Waals surface area contributed by atoms with Gasteiger partial charge in [-0.3, -0.25) is 0 Å². The molecule has 1 fully saturated rings. The van der Waals surface area contributed by atoms with Gasteiger partial charge in [-0.05, 0) is 6.42 Å². The lowest BCUT2D eigenvalue weighted by Gasteiger charge is -2.39. The van der Waals surface area contributed by atoms with Crippen LogP contribution in [0.1, 0.15) is 71.1 Å². The van der Waals surface area contributed by atoms with Gasteiger partial charge in [0.05, 0.1) is 6.61 Å². The minimum atomic E-state index is -1.37. The highest BCUT2D eigenvalue weighted by Gasteiger charge is 2.43. The molecule has 6 heteroatoms. The Kier molecular flexibility index (Phi) is 11.8. The van der Waals surface area contributed by atoms with Crippen LogP contribution in [0.5, 0.6) is 0 Å². The Labute approximate surface area is 145 Å². The van der Waals surface area contributed by atoms with E-state index in [0.29, 0.717) is 6.61 Å². The fraction of sp³-hybridized carbons (Fsp3) is 1.00. The van der Waals surface area contributed by atoms with E-state index in [2.05, 4.69) is 6.92 Å². The van der Waals surface area contributed by atoms with Crippen LogP contribution >= 0.6 is 0 Å². The lowest BCUT2D eigenvalue weighted by atomic mass is 9.99. The molecule has 1 aliphatic heterocycles. The van der Waals surface area contributed by atoms with E-state index in [4.69, 9.17) is 14.6 Å². The Hall–Kier alpha value is -0.240. The molecule has 0 bridgehead atoms. The van der Waals surface area contributed by atoms with E-state index in [9.17, 15) is 15.3 Å². The van der Waals surface area contributed by atoms with Crippen LogP contribution in [0.3, 0.4) is 0 Å². The summed E-state index contributed by atoms with van der Waals surface area (Å²) in [6.45, 7) is 2.23. The first-order chi connectivity index (χ1) is 11.6. The molecule has 0 unspecified atom stereocenters. The van der Waals surface area contributed by atoms with E-state index in [1.165, 1.54) is 51.4 Å². The monoisotopic (exact) mass is 348 g/mol. The largest absolute Gasteiger partial charge is 0.394 e. The average Bonchev–Trinajstić information content (AvgIpc) is 2.59. The quantitative estimate of drug-likeness (QED) is 0.378. The molecule has 1 aliphatic rings. The van der Waals surface area contributed by atoms with E-state index in [0.717, 1.165) is 12.8 Å². The molecule has 0 radical (unpaired) electrons. The topological polar surface area (TPSA) is 99.4 Å². The van der Waals surface area contributed by atoms with Crippen LogP contribution in [-0.4, -0.2) is 64.3 Å². The predicted octanol–water partition coefficient (Wildman–Crippen LogP) is 1.72. The van der Waals surface area contributed by atoms with E-state index in [-0.39, 0.29) is 0 Å². The van der Waals surface area contributed by atoms with Crippen LogP contribution in [0.4, 0.5) is 0 Å². The first-order valence-corrected chi connectivity index (χ1v) is 9.54. The molecule has 0 saturated carbocycles. The number of hydrogen-bond donors (Lipinski definition) is 4. The van der Waals surface area contributed by atoms with Gasteiger partial charge >= 0.3 is 0 Å². The first kappa shape index (κ1) is 21.8. The third-order valence-corrected chi connectivity index (χ3v) is 4.63. The zero-order valence-electron chi connectivity index (χ0n) is 15.0. The van der Waals surface area contributed by atoms with E-state index < -0.39 is 37.3 Å². The Bertz CT molecular complexity index is 299. The second kappa shape index (κ2) is 13.0. The molecule has 0 aliphatic carbocycles. The van der Waals surface area contributed by atoms with Crippen LogP contribution in [0, 0.1) is 0 Å². The van der Waals surface area contributed by atoms with E-state index >= 15 is 0 Å². The van der Waals surface area contributed by atoms with Gasteiger partial charge in [0.1, 0.15) is 24.4 Å². The summed E-state index contributed by atoms with van der Waals surface area (Å²) in [6, 6.07) is 0. The fourth-order valence-corrected chi connectivity index (χ4v) is 2.99. The maximum Gasteiger partial charge on any atom is 0.186 e. The van der Waals surface area contributed by atoms with Crippen molar-refractivity contribution in [3.63, 3.8) is 0 Å². The molecular weight excluding hydrogens is 312 g/mol. The number of aliphatic hydroxyl groups is 4. The highest BCUT2D eigenvalue weighted by atomic mass is 16.7. The molecule has 1 rings (SSSR count). The second-order valence-electron chi connectivity index (χ2n) is 6.75. The predicted molar refractivity (Wildman–Crippen MR) is 91.6 cm³/mol. The molecule has 24 heavy (non-hydrogen) atoms. The number of aliphatic hydroxyl groups excluding tert-OH is 4. The van der Waals surface area contributed by atoms with Gasteiger partial charge in [0.2, 0.25) is 0 Å². The Balaban J connectivity index is 2.02. The Morgan fingerprint density at radius 1 is 0.750 bits per heavy atom. The van der Waals surface area contributed by atoms with Crippen molar-refractivity contribution in [1.29, 1.82) is 0 Å². The van der Waals surface area contributed by atoms with Crippen molar-refractivity contribution in [3.8, 4) is 0 Å². The number of hydrogen-bond acceptors (Lipinski definition) is 6. The molecule has 0 aromatic heterocycles. The lowest BCUT2D eigenvalue weighted by molar-refractivity contribution is -0.301. The van der Waals surface area contributed by atoms with Gasteiger partial charge < -0.3 is 29.9 Å². The van der Waals surface area contributed by atoms with Crippen LogP contribution in [-0.2, 0) is 9.47 Å². The molecule has 1 heterocycles. The Morgan fingerprint density at radius 2 is 1.29 bits per heavy atom. The van der Waals surface area contributed by atoms with Crippen LogP contribution in [0.15, 0.2) is 0 Å². The second-order valence-corrected chi connectivity index (χ2v) is 6.75. The van der Waals surface area contributed by atoms with Gasteiger partial charge in [-0.2, -0.15) is 0 Å². The summed E-state index contributed by atoms with van der Waals surface area (Å²) in [5.41, 5.74) is 0. The van der Waals surface area contributed by atoms with Gasteiger partial charge in [0.15, 0.2) is 6.29 Å². The van der Waals surface area contributed by atoms with Crippen molar-refractivity contribution in [2.75, 3.05) is 13.2 Å². The molecular formula is C18H36O6. The van der Waals surface area contributed by atoms with Crippen molar-refractivity contribution in [2.45, 2.75) is 102 Å². The summed E-state index contributed by atoms with van der Waals surface area (Å²) >= 11 is 0. The number of unbranched alkanes of at least 4 members (excludes halogenated alkanes) is 9. The molecule has 6 nitrogen and oxygen atoms in total. The normalized spacial score (nSPS) is 30.6. The Morgan fingerprint density at radius 3 is 1.83 bits per heavy atom. The molecule has 0 spiro atoms. The summed E-state index contributed by atoms with van der Waals surface area (Å²) < 4.78 is 10.8. The molecule has 1 saturated heterocycles. The third kappa shape index (κ3) is 7.76. The maximum absolute atomic E-state index is 9.84. The highest BCUT2D eigenvalue weighted by molar-refractivity contribution is 4.88. The highest BCUT2D eigenvalue weighted by Crippen LogP contribution is 2.22.